The Morgan fingerprint density at radius 1 is 1.37 bits per heavy atom. The highest BCUT2D eigenvalue weighted by Crippen LogP contribution is 2.28. The number of benzene rings is 1. The highest BCUT2D eigenvalue weighted by atomic mass is 79.9. The second-order valence-corrected chi connectivity index (χ2v) is 7.79. The van der Waals surface area contributed by atoms with Crippen LogP contribution in [0, 0.1) is 0 Å². The largest absolute Gasteiger partial charge is 0.326 e. The SMILES string of the molecule is NCc1csc(S(=O)(=O)Nc2ccc(Cl)c(Br)c2)c1. The van der Waals surface area contributed by atoms with Crippen LogP contribution < -0.4 is 10.5 Å². The minimum absolute atomic E-state index is 0.235. The van der Waals surface area contributed by atoms with Crippen LogP contribution in [-0.2, 0) is 16.6 Å². The van der Waals surface area contributed by atoms with Crippen LogP contribution in [0.25, 0.3) is 0 Å². The lowest BCUT2D eigenvalue weighted by Crippen LogP contribution is -2.11. The van der Waals surface area contributed by atoms with E-state index in [1.165, 1.54) is 0 Å². The van der Waals surface area contributed by atoms with E-state index in [2.05, 4.69) is 20.7 Å². The number of halogens is 2. The van der Waals surface area contributed by atoms with Crippen LogP contribution >= 0.6 is 38.9 Å². The smallest absolute Gasteiger partial charge is 0.271 e. The first-order chi connectivity index (χ1) is 8.92. The van der Waals surface area contributed by atoms with Gasteiger partial charge in [-0.15, -0.1) is 11.3 Å². The second kappa shape index (κ2) is 5.80. The van der Waals surface area contributed by atoms with Gasteiger partial charge in [-0.3, -0.25) is 4.72 Å². The molecule has 0 saturated carbocycles. The van der Waals surface area contributed by atoms with Crippen molar-refractivity contribution in [1.29, 1.82) is 0 Å². The number of sulfonamides is 1. The molecule has 1 heterocycles. The van der Waals surface area contributed by atoms with E-state index in [0.29, 0.717) is 21.7 Å². The van der Waals surface area contributed by atoms with Crippen molar-refractivity contribution < 1.29 is 8.42 Å². The van der Waals surface area contributed by atoms with Crippen LogP contribution in [0.4, 0.5) is 5.69 Å². The Labute approximate surface area is 128 Å². The van der Waals surface area contributed by atoms with Gasteiger partial charge in [0.15, 0.2) is 0 Å². The predicted octanol–water partition coefficient (Wildman–Crippen LogP) is 3.42. The number of nitrogens with one attached hydrogen (secondary N) is 1. The molecule has 102 valence electrons. The summed E-state index contributed by atoms with van der Waals surface area (Å²) >= 11 is 10.2. The van der Waals surface area contributed by atoms with Crippen molar-refractivity contribution in [3.63, 3.8) is 0 Å². The monoisotopic (exact) mass is 380 g/mol. The molecule has 3 N–H and O–H groups in total. The van der Waals surface area contributed by atoms with Gasteiger partial charge in [0.05, 0.1) is 10.7 Å². The molecule has 0 radical (unpaired) electrons. The van der Waals surface area contributed by atoms with Crippen molar-refractivity contribution in [3.05, 3.63) is 44.7 Å². The lowest BCUT2D eigenvalue weighted by Gasteiger charge is -2.07. The summed E-state index contributed by atoms with van der Waals surface area (Å²) < 4.78 is 27.6. The Balaban J connectivity index is 2.28. The fraction of sp³-hybridized carbons (Fsp3) is 0.0909. The Bertz CT molecular complexity index is 700. The molecule has 0 aliphatic rings. The van der Waals surface area contributed by atoms with Gasteiger partial charge in [0.2, 0.25) is 0 Å². The zero-order valence-corrected chi connectivity index (χ0v) is 13.5. The number of hydrogen-bond donors (Lipinski definition) is 2. The van der Waals surface area contributed by atoms with Crippen LogP contribution in [0.15, 0.2) is 38.3 Å². The van der Waals surface area contributed by atoms with E-state index in [-0.39, 0.29) is 4.21 Å². The summed E-state index contributed by atoms with van der Waals surface area (Å²) in [5.41, 5.74) is 6.70. The summed E-state index contributed by atoms with van der Waals surface area (Å²) in [4.78, 5) is 0. The van der Waals surface area contributed by atoms with Crippen molar-refractivity contribution in [2.75, 3.05) is 4.72 Å². The number of anilines is 1. The van der Waals surface area contributed by atoms with E-state index in [4.69, 9.17) is 17.3 Å². The fourth-order valence-corrected chi connectivity index (χ4v) is 4.13. The molecule has 0 aliphatic heterocycles. The normalized spacial score (nSPS) is 11.5. The molecule has 0 aliphatic carbocycles. The first-order valence-electron chi connectivity index (χ1n) is 5.18. The van der Waals surface area contributed by atoms with Gasteiger partial charge in [0, 0.05) is 11.0 Å². The highest BCUT2D eigenvalue weighted by molar-refractivity contribution is 9.10. The number of rotatable bonds is 4. The molecule has 2 aromatic rings. The zero-order chi connectivity index (χ0) is 14.0. The summed E-state index contributed by atoms with van der Waals surface area (Å²) in [6, 6.07) is 6.39. The number of hydrogen-bond acceptors (Lipinski definition) is 4. The highest BCUT2D eigenvalue weighted by Gasteiger charge is 2.17. The third-order valence-electron chi connectivity index (χ3n) is 2.30. The first-order valence-corrected chi connectivity index (χ1v) is 8.71. The quantitative estimate of drug-likeness (QED) is 0.852. The third kappa shape index (κ3) is 3.49. The first kappa shape index (κ1) is 14.8. The maximum absolute atomic E-state index is 12.1. The van der Waals surface area contributed by atoms with Gasteiger partial charge in [-0.1, -0.05) is 11.6 Å². The Hall–Kier alpha value is -0.600. The van der Waals surface area contributed by atoms with Crippen molar-refractivity contribution >= 4 is 54.6 Å². The van der Waals surface area contributed by atoms with Crippen LogP contribution in [0.2, 0.25) is 5.02 Å². The van der Waals surface area contributed by atoms with E-state index >= 15 is 0 Å². The molecule has 8 heteroatoms. The van der Waals surface area contributed by atoms with Crippen molar-refractivity contribution in [3.8, 4) is 0 Å². The standard InChI is InChI=1S/C11H10BrClN2O2S2/c12-9-4-8(1-2-10(9)13)15-19(16,17)11-3-7(5-14)6-18-11/h1-4,6,15H,5,14H2. The van der Waals surface area contributed by atoms with Crippen LogP contribution in [-0.4, -0.2) is 8.42 Å². The molecule has 19 heavy (non-hydrogen) atoms. The Morgan fingerprint density at radius 3 is 2.68 bits per heavy atom. The summed E-state index contributed by atoms with van der Waals surface area (Å²) in [7, 11) is -3.58. The van der Waals surface area contributed by atoms with Gasteiger partial charge >= 0.3 is 0 Å². The maximum atomic E-state index is 12.1. The van der Waals surface area contributed by atoms with E-state index in [9.17, 15) is 8.42 Å². The summed E-state index contributed by atoms with van der Waals surface area (Å²) in [5.74, 6) is 0. The number of nitrogens with two attached hydrogens (primary N) is 1. The van der Waals surface area contributed by atoms with E-state index in [0.717, 1.165) is 16.9 Å². The van der Waals surface area contributed by atoms with Crippen molar-refractivity contribution in [2.24, 2.45) is 5.73 Å². The summed E-state index contributed by atoms with van der Waals surface area (Å²) in [6.45, 7) is 0.318. The van der Waals surface area contributed by atoms with Crippen LogP contribution in [0.3, 0.4) is 0 Å². The van der Waals surface area contributed by atoms with Gasteiger partial charge in [-0.2, -0.15) is 0 Å². The Kier molecular flexibility index (Phi) is 4.52. The molecule has 0 unspecified atom stereocenters. The molecule has 0 spiro atoms. The molecule has 1 aromatic carbocycles. The molecular formula is C11H10BrClN2O2S2. The van der Waals surface area contributed by atoms with E-state index in [1.54, 1.807) is 29.6 Å². The molecule has 0 atom stereocenters. The predicted molar refractivity (Wildman–Crippen MR) is 82.2 cm³/mol. The molecule has 4 nitrogen and oxygen atoms in total. The Morgan fingerprint density at radius 2 is 2.11 bits per heavy atom. The average Bonchev–Trinajstić information content (AvgIpc) is 2.83. The van der Waals surface area contributed by atoms with Crippen LogP contribution in [0.5, 0.6) is 0 Å². The maximum Gasteiger partial charge on any atom is 0.271 e. The van der Waals surface area contributed by atoms with Gasteiger partial charge < -0.3 is 5.73 Å². The lowest BCUT2D eigenvalue weighted by molar-refractivity contribution is 0.603. The molecule has 1 aromatic heterocycles. The van der Waals surface area contributed by atoms with Crippen LogP contribution in [0.1, 0.15) is 5.56 Å². The molecule has 2 rings (SSSR count). The fourth-order valence-electron chi connectivity index (χ4n) is 1.37. The molecule has 0 saturated heterocycles. The van der Waals surface area contributed by atoms with Gasteiger partial charge in [-0.25, -0.2) is 8.42 Å². The molecule has 0 fully saturated rings. The van der Waals surface area contributed by atoms with Gasteiger partial charge in [-0.05, 0) is 51.1 Å². The lowest BCUT2D eigenvalue weighted by atomic mass is 10.3. The van der Waals surface area contributed by atoms with E-state index < -0.39 is 10.0 Å². The second-order valence-electron chi connectivity index (χ2n) is 3.71. The summed E-state index contributed by atoms with van der Waals surface area (Å²) in [6.07, 6.45) is 0. The van der Waals surface area contributed by atoms with Gasteiger partial charge in [0.25, 0.3) is 10.0 Å². The summed E-state index contributed by atoms with van der Waals surface area (Å²) in [5, 5.41) is 2.25. The van der Waals surface area contributed by atoms with Crippen molar-refractivity contribution in [2.45, 2.75) is 10.8 Å². The number of thiophene rings is 1. The van der Waals surface area contributed by atoms with Gasteiger partial charge in [0.1, 0.15) is 4.21 Å². The molecular weight excluding hydrogens is 372 g/mol. The minimum Gasteiger partial charge on any atom is -0.326 e. The van der Waals surface area contributed by atoms with Crippen molar-refractivity contribution in [1.82, 2.24) is 0 Å². The average molecular weight is 382 g/mol. The minimum atomic E-state index is -3.58. The molecule has 0 bridgehead atoms. The zero-order valence-electron chi connectivity index (χ0n) is 9.56. The third-order valence-corrected chi connectivity index (χ3v) is 6.39. The topological polar surface area (TPSA) is 72.2 Å². The van der Waals surface area contributed by atoms with E-state index in [1.807, 2.05) is 0 Å². The molecule has 0 amide bonds.